The van der Waals surface area contributed by atoms with Gasteiger partial charge in [0.25, 0.3) is 5.91 Å². The number of nitrogens with one attached hydrogen (secondary N) is 1. The fourth-order valence-electron chi connectivity index (χ4n) is 5.33. The molecule has 3 rings (SSSR count). The second-order valence-electron chi connectivity index (χ2n) is 8.45. The van der Waals surface area contributed by atoms with E-state index in [1.165, 1.54) is 12.8 Å². The lowest BCUT2D eigenvalue weighted by Gasteiger charge is -2.49. The summed E-state index contributed by atoms with van der Waals surface area (Å²) < 4.78 is 37.2. The first-order valence-electron chi connectivity index (χ1n) is 9.38. The van der Waals surface area contributed by atoms with Gasteiger partial charge in [-0.15, -0.1) is 0 Å². The van der Waals surface area contributed by atoms with Gasteiger partial charge in [0, 0.05) is 11.7 Å². The van der Waals surface area contributed by atoms with Gasteiger partial charge in [-0.25, -0.2) is 8.78 Å². The SMILES string of the molecule is CSNC(=O)c1cc(F)c(OCC23CC(C)CC(CC(C)C2)C3)c(Cl)c1F. The fourth-order valence-corrected chi connectivity index (χ4v) is 5.88. The van der Waals surface area contributed by atoms with E-state index >= 15 is 0 Å². The molecule has 2 aliphatic carbocycles. The van der Waals surface area contributed by atoms with Crippen molar-refractivity contribution in [2.45, 2.75) is 46.0 Å². The Kier molecular flexibility index (Phi) is 6.26. The smallest absolute Gasteiger partial charge is 0.264 e. The molecule has 0 aliphatic heterocycles. The number of hydrogen-bond donors (Lipinski definition) is 1. The third-order valence-corrected chi connectivity index (χ3v) is 6.56. The molecule has 2 bridgehead atoms. The third kappa shape index (κ3) is 4.37. The molecule has 2 atom stereocenters. The Hall–Kier alpha value is -1.01. The molecule has 0 aromatic heterocycles. The molecule has 1 aromatic rings. The van der Waals surface area contributed by atoms with E-state index in [9.17, 15) is 13.6 Å². The molecule has 7 heteroatoms. The van der Waals surface area contributed by atoms with Crippen molar-refractivity contribution in [1.29, 1.82) is 0 Å². The van der Waals surface area contributed by atoms with Gasteiger partial charge in [-0.1, -0.05) is 37.4 Å². The standard InChI is InChI=1S/C20H26ClF2NO2S/c1-11-4-13-5-12(2)8-20(7-11,9-13)10-26-18-15(22)6-14(17(23)16(18)21)19(25)24-27-3/h6,11-13H,4-5,7-10H2,1-3H3,(H,24,25). The maximum atomic E-state index is 14.6. The number of halogens is 3. The number of hydrogen-bond acceptors (Lipinski definition) is 3. The van der Waals surface area contributed by atoms with Crippen LogP contribution in [0.1, 0.15) is 56.3 Å². The Labute approximate surface area is 168 Å². The van der Waals surface area contributed by atoms with Gasteiger partial charge in [-0.2, -0.15) is 0 Å². The van der Waals surface area contributed by atoms with E-state index in [4.69, 9.17) is 16.3 Å². The lowest BCUT2D eigenvalue weighted by molar-refractivity contribution is -0.0173. The summed E-state index contributed by atoms with van der Waals surface area (Å²) in [6.07, 6.45) is 7.21. The molecule has 150 valence electrons. The van der Waals surface area contributed by atoms with E-state index in [1.807, 2.05) is 0 Å². The zero-order valence-electron chi connectivity index (χ0n) is 15.9. The van der Waals surface area contributed by atoms with Crippen molar-refractivity contribution in [2.24, 2.45) is 23.2 Å². The lowest BCUT2D eigenvalue weighted by atomic mass is 9.57. The maximum absolute atomic E-state index is 14.6. The highest BCUT2D eigenvalue weighted by molar-refractivity contribution is 7.97. The van der Waals surface area contributed by atoms with Crippen LogP contribution in [0.5, 0.6) is 5.75 Å². The fraction of sp³-hybridized carbons (Fsp3) is 0.650. The Balaban J connectivity index is 1.81. The minimum atomic E-state index is -0.955. The third-order valence-electron chi connectivity index (χ3n) is 5.83. The number of ether oxygens (including phenoxy) is 1. The van der Waals surface area contributed by atoms with Gasteiger partial charge in [-0.3, -0.25) is 9.52 Å². The van der Waals surface area contributed by atoms with Crippen molar-refractivity contribution < 1.29 is 18.3 Å². The van der Waals surface area contributed by atoms with E-state index in [0.29, 0.717) is 24.4 Å². The number of benzene rings is 1. The van der Waals surface area contributed by atoms with Crippen molar-refractivity contribution >= 4 is 29.5 Å². The summed E-state index contributed by atoms with van der Waals surface area (Å²) in [5.74, 6) is -0.898. The minimum Gasteiger partial charge on any atom is -0.488 e. The average molecular weight is 418 g/mol. The van der Waals surface area contributed by atoms with Crippen molar-refractivity contribution in [3.8, 4) is 5.75 Å². The molecule has 27 heavy (non-hydrogen) atoms. The van der Waals surface area contributed by atoms with Crippen LogP contribution in [0.4, 0.5) is 8.78 Å². The van der Waals surface area contributed by atoms with Crippen LogP contribution in [0.25, 0.3) is 0 Å². The summed E-state index contributed by atoms with van der Waals surface area (Å²) in [7, 11) is 0. The number of carbonyl (C=O) groups excluding carboxylic acids is 1. The number of fused-ring (bicyclic) bond motifs is 2. The van der Waals surface area contributed by atoms with E-state index in [-0.39, 0.29) is 11.2 Å². The van der Waals surface area contributed by atoms with Crippen LogP contribution >= 0.6 is 23.5 Å². The molecular formula is C20H26ClF2NO2S. The van der Waals surface area contributed by atoms with Crippen LogP contribution in [0, 0.1) is 34.8 Å². The number of carbonyl (C=O) groups is 1. The first kappa shape index (κ1) is 20.7. The van der Waals surface area contributed by atoms with Crippen molar-refractivity contribution in [2.75, 3.05) is 12.9 Å². The quantitative estimate of drug-likeness (QED) is 0.481. The normalized spacial score (nSPS) is 30.1. The van der Waals surface area contributed by atoms with Gasteiger partial charge in [0.15, 0.2) is 17.4 Å². The van der Waals surface area contributed by atoms with Crippen LogP contribution in [-0.2, 0) is 0 Å². The summed E-state index contributed by atoms with van der Waals surface area (Å²) in [5.41, 5.74) is -0.434. The van der Waals surface area contributed by atoms with E-state index in [2.05, 4.69) is 18.6 Å². The second kappa shape index (κ2) is 8.16. The molecule has 1 aromatic carbocycles. The topological polar surface area (TPSA) is 38.3 Å². The molecule has 2 saturated carbocycles. The summed E-state index contributed by atoms with van der Waals surface area (Å²) in [6, 6.07) is 0.857. The summed E-state index contributed by atoms with van der Waals surface area (Å²) in [4.78, 5) is 11.9. The van der Waals surface area contributed by atoms with E-state index < -0.39 is 28.1 Å². The predicted molar refractivity (Wildman–Crippen MR) is 105 cm³/mol. The first-order chi connectivity index (χ1) is 12.7. The predicted octanol–water partition coefficient (Wildman–Crippen LogP) is 5.86. The second-order valence-corrected chi connectivity index (χ2v) is 9.44. The molecule has 2 fully saturated rings. The average Bonchev–Trinajstić information content (AvgIpc) is 2.56. The van der Waals surface area contributed by atoms with Crippen LogP contribution < -0.4 is 9.46 Å². The van der Waals surface area contributed by atoms with Crippen molar-refractivity contribution in [3.05, 3.63) is 28.3 Å². The van der Waals surface area contributed by atoms with Gasteiger partial charge in [0.1, 0.15) is 5.02 Å². The van der Waals surface area contributed by atoms with E-state index in [0.717, 1.165) is 37.3 Å². The highest BCUT2D eigenvalue weighted by atomic mass is 35.5. The van der Waals surface area contributed by atoms with Crippen LogP contribution in [0.15, 0.2) is 6.07 Å². The first-order valence-corrected chi connectivity index (χ1v) is 11.0. The Morgan fingerprint density at radius 3 is 2.52 bits per heavy atom. The van der Waals surface area contributed by atoms with Gasteiger partial charge in [-0.05, 0) is 55.9 Å². The molecule has 2 aliphatic rings. The molecule has 0 heterocycles. The maximum Gasteiger partial charge on any atom is 0.264 e. The van der Waals surface area contributed by atoms with Gasteiger partial charge in [0.05, 0.1) is 12.2 Å². The molecule has 1 amide bonds. The molecule has 0 spiro atoms. The van der Waals surface area contributed by atoms with Crippen molar-refractivity contribution in [1.82, 2.24) is 4.72 Å². The summed E-state index contributed by atoms with van der Waals surface area (Å²) in [6.45, 7) is 4.83. The highest BCUT2D eigenvalue weighted by Gasteiger charge is 2.45. The number of amides is 1. The van der Waals surface area contributed by atoms with Crippen molar-refractivity contribution in [3.63, 3.8) is 0 Å². The van der Waals surface area contributed by atoms with Gasteiger partial charge >= 0.3 is 0 Å². The Bertz CT molecular complexity index is 711. The van der Waals surface area contributed by atoms with Crippen LogP contribution in [0.2, 0.25) is 5.02 Å². The molecule has 2 unspecified atom stereocenters. The Morgan fingerprint density at radius 1 is 1.30 bits per heavy atom. The molecule has 1 N–H and O–H groups in total. The highest BCUT2D eigenvalue weighted by Crippen LogP contribution is 2.53. The van der Waals surface area contributed by atoms with Crippen LogP contribution in [0.3, 0.4) is 0 Å². The van der Waals surface area contributed by atoms with Gasteiger partial charge < -0.3 is 4.74 Å². The Morgan fingerprint density at radius 2 is 1.93 bits per heavy atom. The molecular weight excluding hydrogens is 392 g/mol. The zero-order valence-corrected chi connectivity index (χ0v) is 17.5. The monoisotopic (exact) mass is 417 g/mol. The molecule has 0 saturated heterocycles. The minimum absolute atomic E-state index is 0.0128. The zero-order chi connectivity index (χ0) is 19.8. The summed E-state index contributed by atoms with van der Waals surface area (Å²) in [5, 5.41) is -0.470. The molecule has 3 nitrogen and oxygen atoms in total. The molecule has 0 radical (unpaired) electrons. The largest absolute Gasteiger partial charge is 0.488 e. The van der Waals surface area contributed by atoms with Crippen LogP contribution in [-0.4, -0.2) is 18.8 Å². The lowest BCUT2D eigenvalue weighted by Crippen LogP contribution is -2.43. The summed E-state index contributed by atoms with van der Waals surface area (Å²) >= 11 is 7.03. The van der Waals surface area contributed by atoms with E-state index in [1.54, 1.807) is 6.26 Å². The number of rotatable bonds is 5. The van der Waals surface area contributed by atoms with Gasteiger partial charge in [0.2, 0.25) is 0 Å².